The SMILES string of the molecule is CC[C@H](O)c1cnc(OCc2ccccc2)nc1OCc1ccccc1. The first-order chi connectivity index (χ1) is 12.8. The van der Waals surface area contributed by atoms with Gasteiger partial charge in [-0.05, 0) is 17.5 Å². The summed E-state index contributed by atoms with van der Waals surface area (Å²) in [7, 11) is 0. The van der Waals surface area contributed by atoms with Crippen molar-refractivity contribution in [3.8, 4) is 11.9 Å². The smallest absolute Gasteiger partial charge is 0.320 e. The Labute approximate surface area is 153 Å². The van der Waals surface area contributed by atoms with E-state index in [0.29, 0.717) is 31.1 Å². The van der Waals surface area contributed by atoms with Crippen molar-refractivity contribution in [3.63, 3.8) is 0 Å². The largest absolute Gasteiger partial charge is 0.472 e. The van der Waals surface area contributed by atoms with E-state index in [1.54, 1.807) is 6.20 Å². The van der Waals surface area contributed by atoms with Gasteiger partial charge in [-0.1, -0.05) is 67.6 Å². The van der Waals surface area contributed by atoms with Crippen LogP contribution < -0.4 is 9.47 Å². The summed E-state index contributed by atoms with van der Waals surface area (Å²) >= 11 is 0. The Bertz CT molecular complexity index is 810. The fraction of sp³-hybridized carbons (Fsp3) is 0.238. The van der Waals surface area contributed by atoms with E-state index in [1.165, 1.54) is 0 Å². The lowest BCUT2D eigenvalue weighted by molar-refractivity contribution is 0.162. The molecule has 1 atom stereocenters. The molecule has 0 fully saturated rings. The van der Waals surface area contributed by atoms with Crippen molar-refractivity contribution in [2.45, 2.75) is 32.7 Å². The molecule has 0 bridgehead atoms. The molecule has 0 amide bonds. The van der Waals surface area contributed by atoms with E-state index < -0.39 is 6.10 Å². The highest BCUT2D eigenvalue weighted by Gasteiger charge is 2.16. The first kappa shape index (κ1) is 17.9. The van der Waals surface area contributed by atoms with Gasteiger partial charge in [-0.25, -0.2) is 4.98 Å². The van der Waals surface area contributed by atoms with Crippen molar-refractivity contribution < 1.29 is 14.6 Å². The van der Waals surface area contributed by atoms with Gasteiger partial charge in [-0.3, -0.25) is 0 Å². The molecule has 2 aromatic carbocycles. The Morgan fingerprint density at radius 2 is 1.46 bits per heavy atom. The zero-order valence-corrected chi connectivity index (χ0v) is 14.7. The molecule has 3 rings (SSSR count). The summed E-state index contributed by atoms with van der Waals surface area (Å²) in [5, 5.41) is 10.2. The number of aliphatic hydroxyl groups excluding tert-OH is 1. The fourth-order valence-electron chi connectivity index (χ4n) is 2.44. The van der Waals surface area contributed by atoms with Crippen molar-refractivity contribution in [2.75, 3.05) is 0 Å². The molecule has 134 valence electrons. The van der Waals surface area contributed by atoms with Gasteiger partial charge in [-0.15, -0.1) is 0 Å². The van der Waals surface area contributed by atoms with Gasteiger partial charge in [0.1, 0.15) is 13.2 Å². The van der Waals surface area contributed by atoms with Crippen molar-refractivity contribution in [2.24, 2.45) is 0 Å². The number of aromatic nitrogens is 2. The van der Waals surface area contributed by atoms with Crippen LogP contribution in [0.25, 0.3) is 0 Å². The molecule has 0 aliphatic heterocycles. The van der Waals surface area contributed by atoms with Crippen LogP contribution in [0.5, 0.6) is 11.9 Å². The Morgan fingerprint density at radius 3 is 2.04 bits per heavy atom. The van der Waals surface area contributed by atoms with E-state index >= 15 is 0 Å². The van der Waals surface area contributed by atoms with Crippen molar-refractivity contribution in [3.05, 3.63) is 83.6 Å². The third kappa shape index (κ3) is 4.80. The monoisotopic (exact) mass is 350 g/mol. The van der Waals surface area contributed by atoms with Gasteiger partial charge in [0.15, 0.2) is 0 Å². The van der Waals surface area contributed by atoms with Gasteiger partial charge in [0, 0.05) is 6.20 Å². The third-order valence-electron chi connectivity index (χ3n) is 3.93. The van der Waals surface area contributed by atoms with Crippen LogP contribution in [-0.2, 0) is 13.2 Å². The number of aliphatic hydroxyl groups is 1. The highest BCUT2D eigenvalue weighted by Crippen LogP contribution is 2.27. The zero-order chi connectivity index (χ0) is 18.2. The maximum Gasteiger partial charge on any atom is 0.320 e. The third-order valence-corrected chi connectivity index (χ3v) is 3.93. The topological polar surface area (TPSA) is 64.5 Å². The van der Waals surface area contributed by atoms with Gasteiger partial charge in [0.05, 0.1) is 11.7 Å². The van der Waals surface area contributed by atoms with Crippen LogP contribution >= 0.6 is 0 Å². The number of nitrogens with zero attached hydrogens (tertiary/aromatic N) is 2. The van der Waals surface area contributed by atoms with E-state index in [4.69, 9.17) is 9.47 Å². The van der Waals surface area contributed by atoms with Crippen LogP contribution in [-0.4, -0.2) is 15.1 Å². The Kier molecular flexibility index (Phi) is 6.17. The van der Waals surface area contributed by atoms with Crippen molar-refractivity contribution in [1.82, 2.24) is 9.97 Å². The van der Waals surface area contributed by atoms with Gasteiger partial charge in [-0.2, -0.15) is 4.98 Å². The van der Waals surface area contributed by atoms with E-state index in [-0.39, 0.29) is 6.01 Å². The zero-order valence-electron chi connectivity index (χ0n) is 14.7. The summed E-state index contributed by atoms with van der Waals surface area (Å²) in [4.78, 5) is 8.56. The molecule has 0 aliphatic carbocycles. The summed E-state index contributed by atoms with van der Waals surface area (Å²) in [6.07, 6.45) is 1.45. The van der Waals surface area contributed by atoms with Crippen LogP contribution in [0, 0.1) is 0 Å². The molecule has 1 heterocycles. The van der Waals surface area contributed by atoms with Crippen molar-refractivity contribution in [1.29, 1.82) is 0 Å². The number of hydrogen-bond donors (Lipinski definition) is 1. The van der Waals surface area contributed by atoms with Crippen LogP contribution in [0.2, 0.25) is 0 Å². The molecule has 3 aromatic rings. The fourth-order valence-corrected chi connectivity index (χ4v) is 2.44. The molecule has 0 radical (unpaired) electrons. The summed E-state index contributed by atoms with van der Waals surface area (Å²) < 4.78 is 11.5. The second-order valence-corrected chi connectivity index (χ2v) is 5.89. The lowest BCUT2D eigenvalue weighted by Gasteiger charge is -2.15. The molecule has 0 aliphatic rings. The lowest BCUT2D eigenvalue weighted by atomic mass is 10.1. The predicted octanol–water partition coefficient (Wildman–Crippen LogP) is 4.08. The first-order valence-electron chi connectivity index (χ1n) is 8.64. The molecule has 5 nitrogen and oxygen atoms in total. The molecule has 0 unspecified atom stereocenters. The summed E-state index contributed by atoms with van der Waals surface area (Å²) in [6, 6.07) is 19.8. The lowest BCUT2D eigenvalue weighted by Crippen LogP contribution is -2.08. The minimum atomic E-state index is -0.677. The van der Waals surface area contributed by atoms with E-state index in [0.717, 1.165) is 11.1 Å². The molecule has 1 N–H and O–H groups in total. The van der Waals surface area contributed by atoms with Crippen LogP contribution in [0.4, 0.5) is 0 Å². The predicted molar refractivity (Wildman–Crippen MR) is 98.8 cm³/mol. The van der Waals surface area contributed by atoms with Gasteiger partial charge in [0.25, 0.3) is 0 Å². The Balaban J connectivity index is 1.74. The molecule has 0 saturated heterocycles. The molecular weight excluding hydrogens is 328 g/mol. The average molecular weight is 350 g/mol. The summed E-state index contributed by atoms with van der Waals surface area (Å²) in [5.74, 6) is 0.348. The molecule has 26 heavy (non-hydrogen) atoms. The second kappa shape index (κ2) is 8.97. The van der Waals surface area contributed by atoms with Crippen LogP contribution in [0.3, 0.4) is 0 Å². The molecule has 1 aromatic heterocycles. The van der Waals surface area contributed by atoms with E-state index in [9.17, 15) is 5.11 Å². The number of benzene rings is 2. The molecule has 0 spiro atoms. The Morgan fingerprint density at radius 1 is 0.885 bits per heavy atom. The standard InChI is InChI=1S/C21H22N2O3/c1-2-19(24)18-13-22-21(26-15-17-11-7-4-8-12-17)23-20(18)25-14-16-9-5-3-6-10-16/h3-13,19,24H,2,14-15H2,1H3/t19-/m0/s1. The maximum atomic E-state index is 10.2. The minimum absolute atomic E-state index is 0.226. The molecule has 5 heteroatoms. The molecular formula is C21H22N2O3. The highest BCUT2D eigenvalue weighted by atomic mass is 16.5. The number of rotatable bonds is 8. The van der Waals surface area contributed by atoms with Gasteiger partial charge < -0.3 is 14.6 Å². The highest BCUT2D eigenvalue weighted by molar-refractivity contribution is 5.28. The Hall–Kier alpha value is -2.92. The quantitative estimate of drug-likeness (QED) is 0.663. The maximum absolute atomic E-state index is 10.2. The number of hydrogen-bond acceptors (Lipinski definition) is 5. The van der Waals surface area contributed by atoms with Gasteiger partial charge >= 0.3 is 6.01 Å². The van der Waals surface area contributed by atoms with E-state index in [1.807, 2.05) is 67.6 Å². The summed E-state index contributed by atoms with van der Waals surface area (Å²) in [6.45, 7) is 2.62. The van der Waals surface area contributed by atoms with Gasteiger partial charge in [0.2, 0.25) is 5.88 Å². The first-order valence-corrected chi connectivity index (χ1v) is 8.64. The average Bonchev–Trinajstić information content (AvgIpc) is 2.71. The molecule has 0 saturated carbocycles. The minimum Gasteiger partial charge on any atom is -0.472 e. The number of ether oxygens (including phenoxy) is 2. The van der Waals surface area contributed by atoms with E-state index in [2.05, 4.69) is 9.97 Å². The second-order valence-electron chi connectivity index (χ2n) is 5.89. The summed E-state index contributed by atoms with van der Waals surface area (Å²) in [5.41, 5.74) is 2.62. The normalized spacial score (nSPS) is 11.8. The van der Waals surface area contributed by atoms with Crippen LogP contribution in [0.15, 0.2) is 66.9 Å². The van der Waals surface area contributed by atoms with Crippen molar-refractivity contribution >= 4 is 0 Å². The van der Waals surface area contributed by atoms with Crippen LogP contribution in [0.1, 0.15) is 36.1 Å².